The van der Waals surface area contributed by atoms with Gasteiger partial charge in [-0.3, -0.25) is 0 Å². The Bertz CT molecular complexity index is 834. The highest BCUT2D eigenvalue weighted by Gasteiger charge is 2.25. The zero-order valence-corrected chi connectivity index (χ0v) is 10.2. The van der Waals surface area contributed by atoms with Crippen molar-refractivity contribution in [1.82, 2.24) is 0 Å². The molecular weight excluding hydrogens is 234 g/mol. The predicted molar refractivity (Wildman–Crippen MR) is 76.8 cm³/mol. The van der Waals surface area contributed by atoms with Crippen LogP contribution in [0.1, 0.15) is 11.1 Å². The molecule has 0 saturated heterocycles. The van der Waals surface area contributed by atoms with Crippen LogP contribution >= 0.6 is 0 Å². The van der Waals surface area contributed by atoms with Gasteiger partial charge < -0.3 is 5.21 Å². The number of hydrogen-bond acceptors (Lipinski definition) is 2. The zero-order chi connectivity index (χ0) is 12.8. The molecule has 0 radical (unpaired) electrons. The molecule has 2 nitrogen and oxygen atoms in total. The summed E-state index contributed by atoms with van der Waals surface area (Å²) in [5.74, 6) is 0. The molecule has 0 atom stereocenters. The number of fused-ring (bicyclic) bond motifs is 4. The van der Waals surface area contributed by atoms with E-state index in [1.165, 1.54) is 5.39 Å². The average Bonchev–Trinajstić information content (AvgIpc) is 2.78. The second kappa shape index (κ2) is 3.69. The Hall–Kier alpha value is -2.61. The summed E-state index contributed by atoms with van der Waals surface area (Å²) in [4.78, 5) is 0. The topological polar surface area (TPSA) is 32.6 Å². The Morgan fingerprint density at radius 1 is 0.632 bits per heavy atom. The number of nitrogens with zero attached hydrogens (tertiary/aromatic N) is 1. The van der Waals surface area contributed by atoms with Gasteiger partial charge in [0, 0.05) is 11.1 Å². The van der Waals surface area contributed by atoms with Gasteiger partial charge in [-0.05, 0) is 34.0 Å². The molecule has 2 heteroatoms. The minimum absolute atomic E-state index is 0.663. The lowest BCUT2D eigenvalue weighted by Gasteiger charge is -2.03. The first-order chi connectivity index (χ1) is 9.38. The van der Waals surface area contributed by atoms with Crippen molar-refractivity contribution in [2.75, 3.05) is 0 Å². The predicted octanol–water partition coefficient (Wildman–Crippen LogP) is 4.05. The maximum absolute atomic E-state index is 9.32. The number of oxime groups is 1. The molecule has 0 bridgehead atoms. The van der Waals surface area contributed by atoms with E-state index in [9.17, 15) is 5.21 Å². The highest BCUT2D eigenvalue weighted by Crippen LogP contribution is 2.38. The molecule has 0 heterocycles. The van der Waals surface area contributed by atoms with E-state index in [2.05, 4.69) is 35.5 Å². The summed E-state index contributed by atoms with van der Waals surface area (Å²) in [7, 11) is 0. The minimum atomic E-state index is 0.663. The monoisotopic (exact) mass is 245 g/mol. The van der Waals surface area contributed by atoms with Crippen molar-refractivity contribution in [2.45, 2.75) is 0 Å². The van der Waals surface area contributed by atoms with Gasteiger partial charge in [-0.1, -0.05) is 53.7 Å². The van der Waals surface area contributed by atoms with Gasteiger partial charge in [-0.2, -0.15) is 0 Å². The SMILES string of the molecule is O/N=C1/c2ccccc2-c2cc3ccccc3cc21. The summed E-state index contributed by atoms with van der Waals surface area (Å²) < 4.78 is 0. The van der Waals surface area contributed by atoms with Crippen LogP contribution < -0.4 is 0 Å². The lowest BCUT2D eigenvalue weighted by Crippen LogP contribution is -1.97. The second-order valence-corrected chi connectivity index (χ2v) is 4.74. The van der Waals surface area contributed by atoms with Crippen molar-refractivity contribution in [2.24, 2.45) is 5.16 Å². The zero-order valence-electron chi connectivity index (χ0n) is 10.2. The molecule has 0 fully saturated rings. The molecule has 4 rings (SSSR count). The Morgan fingerprint density at radius 3 is 1.89 bits per heavy atom. The van der Waals surface area contributed by atoms with E-state index in [0.717, 1.165) is 27.6 Å². The molecule has 0 amide bonds. The second-order valence-electron chi connectivity index (χ2n) is 4.74. The molecule has 1 aliphatic rings. The summed E-state index contributed by atoms with van der Waals surface area (Å²) in [6, 6.07) is 20.6. The highest BCUT2D eigenvalue weighted by molar-refractivity contribution is 6.25. The van der Waals surface area contributed by atoms with Crippen LogP contribution in [0.2, 0.25) is 0 Å². The van der Waals surface area contributed by atoms with Gasteiger partial charge in [0.2, 0.25) is 0 Å². The number of benzene rings is 3. The largest absolute Gasteiger partial charge is 0.410 e. The van der Waals surface area contributed by atoms with Crippen molar-refractivity contribution < 1.29 is 5.21 Å². The van der Waals surface area contributed by atoms with E-state index >= 15 is 0 Å². The van der Waals surface area contributed by atoms with E-state index in [0.29, 0.717) is 5.71 Å². The van der Waals surface area contributed by atoms with Crippen molar-refractivity contribution >= 4 is 16.5 Å². The molecule has 1 aliphatic carbocycles. The summed E-state index contributed by atoms with van der Waals surface area (Å²) >= 11 is 0. The Morgan fingerprint density at radius 2 is 1.21 bits per heavy atom. The van der Waals surface area contributed by atoms with Gasteiger partial charge in [0.1, 0.15) is 5.71 Å². The summed E-state index contributed by atoms with van der Waals surface area (Å²) in [6.07, 6.45) is 0. The molecule has 3 aromatic rings. The van der Waals surface area contributed by atoms with Crippen LogP contribution in [-0.4, -0.2) is 10.9 Å². The van der Waals surface area contributed by atoms with E-state index in [1.54, 1.807) is 0 Å². The Balaban J connectivity index is 2.14. The highest BCUT2D eigenvalue weighted by atomic mass is 16.4. The van der Waals surface area contributed by atoms with Crippen molar-refractivity contribution in [1.29, 1.82) is 0 Å². The fraction of sp³-hybridized carbons (Fsp3) is 0. The first-order valence-electron chi connectivity index (χ1n) is 6.23. The lowest BCUT2D eigenvalue weighted by atomic mass is 10.0. The molecule has 3 aromatic carbocycles. The lowest BCUT2D eigenvalue weighted by molar-refractivity contribution is 0.320. The fourth-order valence-electron chi connectivity index (χ4n) is 2.84. The standard InChI is InChI=1S/C17H11NO/c19-18-17-14-8-4-3-7-13(14)15-9-11-5-1-2-6-12(11)10-16(15)17/h1-10,19H/b18-17-. The number of hydrogen-bond donors (Lipinski definition) is 1. The molecule has 0 aromatic heterocycles. The van der Waals surface area contributed by atoms with Crippen LogP contribution in [0.4, 0.5) is 0 Å². The molecule has 1 N–H and O–H groups in total. The summed E-state index contributed by atoms with van der Waals surface area (Å²) in [6.45, 7) is 0. The van der Waals surface area contributed by atoms with E-state index < -0.39 is 0 Å². The Labute approximate surface area is 110 Å². The van der Waals surface area contributed by atoms with Crippen LogP contribution in [-0.2, 0) is 0 Å². The number of rotatable bonds is 0. The first-order valence-corrected chi connectivity index (χ1v) is 6.23. The Kier molecular flexibility index (Phi) is 2.00. The molecule has 0 spiro atoms. The van der Waals surface area contributed by atoms with Crippen LogP contribution in [0.15, 0.2) is 65.8 Å². The first kappa shape index (κ1) is 10.3. The smallest absolute Gasteiger partial charge is 0.118 e. The third-order valence-electron chi connectivity index (χ3n) is 3.71. The molecular formula is C17H11NO. The maximum Gasteiger partial charge on any atom is 0.118 e. The third-order valence-corrected chi connectivity index (χ3v) is 3.71. The van der Waals surface area contributed by atoms with Crippen LogP contribution in [0.5, 0.6) is 0 Å². The molecule has 90 valence electrons. The summed E-state index contributed by atoms with van der Waals surface area (Å²) in [5.41, 5.74) is 4.94. The van der Waals surface area contributed by atoms with Gasteiger partial charge in [-0.15, -0.1) is 0 Å². The maximum atomic E-state index is 9.32. The van der Waals surface area contributed by atoms with Gasteiger partial charge in [0.05, 0.1) is 0 Å². The van der Waals surface area contributed by atoms with E-state index in [-0.39, 0.29) is 0 Å². The van der Waals surface area contributed by atoms with Crippen LogP contribution in [0.3, 0.4) is 0 Å². The molecule has 0 unspecified atom stereocenters. The molecule has 0 aliphatic heterocycles. The van der Waals surface area contributed by atoms with Crippen molar-refractivity contribution in [3.05, 3.63) is 71.8 Å². The van der Waals surface area contributed by atoms with E-state index in [4.69, 9.17) is 0 Å². The molecule has 19 heavy (non-hydrogen) atoms. The fourth-order valence-corrected chi connectivity index (χ4v) is 2.84. The third kappa shape index (κ3) is 1.34. The average molecular weight is 245 g/mol. The minimum Gasteiger partial charge on any atom is -0.410 e. The summed E-state index contributed by atoms with van der Waals surface area (Å²) in [5, 5.41) is 15.2. The van der Waals surface area contributed by atoms with Crippen LogP contribution in [0, 0.1) is 0 Å². The van der Waals surface area contributed by atoms with Gasteiger partial charge in [-0.25, -0.2) is 0 Å². The quantitative estimate of drug-likeness (QED) is 0.368. The molecule has 0 saturated carbocycles. The van der Waals surface area contributed by atoms with Gasteiger partial charge >= 0.3 is 0 Å². The van der Waals surface area contributed by atoms with Crippen molar-refractivity contribution in [3.8, 4) is 11.1 Å². The van der Waals surface area contributed by atoms with E-state index in [1.807, 2.05) is 30.3 Å². The van der Waals surface area contributed by atoms with Crippen molar-refractivity contribution in [3.63, 3.8) is 0 Å². The van der Waals surface area contributed by atoms with Gasteiger partial charge in [0.15, 0.2) is 0 Å². The van der Waals surface area contributed by atoms with Gasteiger partial charge in [0.25, 0.3) is 0 Å². The van der Waals surface area contributed by atoms with Crippen LogP contribution in [0.25, 0.3) is 21.9 Å². The normalized spacial score (nSPS) is 14.6.